The van der Waals surface area contributed by atoms with Gasteiger partial charge in [-0.15, -0.1) is 0 Å². The third-order valence-corrected chi connectivity index (χ3v) is 3.43. The van der Waals surface area contributed by atoms with Gasteiger partial charge in [0.2, 0.25) is 5.91 Å². The van der Waals surface area contributed by atoms with Gasteiger partial charge >= 0.3 is 5.97 Å². The average molecular weight is 281 g/mol. The first kappa shape index (κ1) is 16.1. The number of benzene rings is 1. The van der Waals surface area contributed by atoms with Gasteiger partial charge in [0.1, 0.15) is 12.4 Å². The van der Waals surface area contributed by atoms with Gasteiger partial charge in [0.15, 0.2) is 0 Å². The predicted octanol–water partition coefficient (Wildman–Crippen LogP) is 2.64. The number of rotatable bonds is 6. The number of carbonyl (C=O) groups is 2. The Bertz CT molecular complexity index is 490. The van der Waals surface area contributed by atoms with Crippen molar-refractivity contribution in [3.63, 3.8) is 0 Å². The van der Waals surface area contributed by atoms with Crippen LogP contribution >= 0.6 is 0 Å². The third kappa shape index (κ3) is 4.05. The molecule has 0 radical (unpaired) electrons. The van der Waals surface area contributed by atoms with Crippen molar-refractivity contribution in [2.24, 2.45) is 0 Å². The van der Waals surface area contributed by atoms with E-state index >= 15 is 0 Å². The number of carboxylic acids is 1. The summed E-state index contributed by atoms with van der Waals surface area (Å²) in [6.45, 7) is 5.01. The fraction of sp³-hybridized carbons (Fsp3) is 0.467. The SMILES string of the molecule is CCC(C)N(CC(=O)O)C(=O)C(C)c1cccc(F)c1. The highest BCUT2D eigenvalue weighted by Gasteiger charge is 2.27. The van der Waals surface area contributed by atoms with Crippen LogP contribution in [-0.4, -0.2) is 34.5 Å². The molecule has 1 rings (SSSR count). The van der Waals surface area contributed by atoms with E-state index in [0.29, 0.717) is 12.0 Å². The lowest BCUT2D eigenvalue weighted by molar-refractivity contribution is -0.146. The minimum atomic E-state index is -1.05. The van der Waals surface area contributed by atoms with Crippen molar-refractivity contribution < 1.29 is 19.1 Å². The van der Waals surface area contributed by atoms with Crippen LogP contribution in [0.5, 0.6) is 0 Å². The highest BCUT2D eigenvalue weighted by Crippen LogP contribution is 2.20. The smallest absolute Gasteiger partial charge is 0.323 e. The van der Waals surface area contributed by atoms with E-state index in [2.05, 4.69) is 0 Å². The van der Waals surface area contributed by atoms with Gasteiger partial charge < -0.3 is 10.0 Å². The number of hydrogen-bond donors (Lipinski definition) is 1. The summed E-state index contributed by atoms with van der Waals surface area (Å²) in [5, 5.41) is 8.92. The summed E-state index contributed by atoms with van der Waals surface area (Å²) in [6, 6.07) is 5.65. The summed E-state index contributed by atoms with van der Waals surface area (Å²) in [6.07, 6.45) is 0.662. The zero-order valence-electron chi connectivity index (χ0n) is 12.0. The molecule has 0 heterocycles. The van der Waals surface area contributed by atoms with Gasteiger partial charge in [0.05, 0.1) is 5.92 Å². The molecule has 1 aromatic rings. The molecule has 0 aromatic heterocycles. The molecule has 2 unspecified atom stereocenters. The van der Waals surface area contributed by atoms with Crippen molar-refractivity contribution in [1.29, 1.82) is 0 Å². The molecule has 5 heteroatoms. The molecule has 110 valence electrons. The zero-order chi connectivity index (χ0) is 15.3. The first-order chi connectivity index (χ1) is 9.36. The molecular weight excluding hydrogens is 261 g/mol. The quantitative estimate of drug-likeness (QED) is 0.872. The van der Waals surface area contributed by atoms with E-state index < -0.39 is 17.7 Å². The molecule has 1 aromatic carbocycles. The van der Waals surface area contributed by atoms with Gasteiger partial charge in [-0.2, -0.15) is 0 Å². The van der Waals surface area contributed by atoms with Crippen LogP contribution in [-0.2, 0) is 9.59 Å². The van der Waals surface area contributed by atoms with Crippen molar-refractivity contribution in [2.75, 3.05) is 6.54 Å². The maximum absolute atomic E-state index is 13.2. The lowest BCUT2D eigenvalue weighted by Crippen LogP contribution is -2.43. The summed E-state index contributed by atoms with van der Waals surface area (Å²) in [4.78, 5) is 24.7. The van der Waals surface area contributed by atoms with Crippen LogP contribution in [0, 0.1) is 5.82 Å². The van der Waals surface area contributed by atoms with Gasteiger partial charge in [-0.05, 0) is 38.0 Å². The Morgan fingerprint density at radius 3 is 2.50 bits per heavy atom. The summed E-state index contributed by atoms with van der Waals surface area (Å²) < 4.78 is 13.2. The van der Waals surface area contributed by atoms with Gasteiger partial charge in [-0.3, -0.25) is 9.59 Å². The van der Waals surface area contributed by atoms with Crippen LogP contribution in [0.15, 0.2) is 24.3 Å². The number of halogens is 1. The van der Waals surface area contributed by atoms with E-state index in [1.807, 2.05) is 6.92 Å². The standard InChI is InChI=1S/C15H20FNO3/c1-4-10(2)17(9-14(18)19)15(20)11(3)12-6-5-7-13(16)8-12/h5-8,10-11H,4,9H2,1-3H3,(H,18,19). The van der Waals surface area contributed by atoms with E-state index in [9.17, 15) is 14.0 Å². The molecule has 0 saturated heterocycles. The molecule has 1 amide bonds. The van der Waals surface area contributed by atoms with Crippen molar-refractivity contribution in [2.45, 2.75) is 39.2 Å². The Morgan fingerprint density at radius 1 is 1.35 bits per heavy atom. The van der Waals surface area contributed by atoms with Crippen molar-refractivity contribution in [3.8, 4) is 0 Å². The molecule has 0 fully saturated rings. The summed E-state index contributed by atoms with van der Waals surface area (Å²) in [5.41, 5.74) is 0.550. The predicted molar refractivity (Wildman–Crippen MR) is 73.9 cm³/mol. The molecule has 2 atom stereocenters. The molecule has 1 N–H and O–H groups in total. The number of amides is 1. The Hall–Kier alpha value is -1.91. The van der Waals surface area contributed by atoms with E-state index in [1.54, 1.807) is 26.0 Å². The Balaban J connectivity index is 2.96. The molecular formula is C15H20FNO3. The van der Waals surface area contributed by atoms with Gasteiger partial charge in [0, 0.05) is 6.04 Å². The Labute approximate surface area is 118 Å². The minimum Gasteiger partial charge on any atom is -0.480 e. The second kappa shape index (κ2) is 7.03. The minimum absolute atomic E-state index is 0.172. The lowest BCUT2D eigenvalue weighted by Gasteiger charge is -2.29. The van der Waals surface area contributed by atoms with Crippen LogP contribution in [0.2, 0.25) is 0 Å². The molecule has 20 heavy (non-hydrogen) atoms. The largest absolute Gasteiger partial charge is 0.480 e. The maximum Gasteiger partial charge on any atom is 0.323 e. The topological polar surface area (TPSA) is 57.6 Å². The molecule has 0 aliphatic rings. The van der Waals surface area contributed by atoms with Crippen molar-refractivity contribution in [3.05, 3.63) is 35.6 Å². The fourth-order valence-electron chi connectivity index (χ4n) is 1.98. The van der Waals surface area contributed by atoms with Crippen molar-refractivity contribution in [1.82, 2.24) is 4.90 Å². The van der Waals surface area contributed by atoms with E-state index in [-0.39, 0.29) is 18.5 Å². The number of carboxylic acid groups (broad SMARTS) is 1. The Morgan fingerprint density at radius 2 is 2.00 bits per heavy atom. The number of hydrogen-bond acceptors (Lipinski definition) is 2. The lowest BCUT2D eigenvalue weighted by atomic mass is 9.98. The van der Waals surface area contributed by atoms with E-state index in [0.717, 1.165) is 0 Å². The van der Waals surface area contributed by atoms with Crippen molar-refractivity contribution >= 4 is 11.9 Å². The second-order valence-corrected chi connectivity index (χ2v) is 4.89. The molecule has 0 saturated carbocycles. The first-order valence-electron chi connectivity index (χ1n) is 6.64. The van der Waals surface area contributed by atoms with Crippen LogP contribution < -0.4 is 0 Å². The fourth-order valence-corrected chi connectivity index (χ4v) is 1.98. The summed E-state index contributed by atoms with van der Waals surface area (Å²) in [5.74, 6) is -2.33. The van der Waals surface area contributed by atoms with Crippen LogP contribution in [0.25, 0.3) is 0 Å². The molecule has 4 nitrogen and oxygen atoms in total. The molecule has 0 spiro atoms. The average Bonchev–Trinajstić information content (AvgIpc) is 2.42. The highest BCUT2D eigenvalue weighted by molar-refractivity contribution is 5.86. The normalized spacial score (nSPS) is 13.6. The van der Waals surface area contributed by atoms with Crippen LogP contribution in [0.1, 0.15) is 38.7 Å². The number of nitrogens with zero attached hydrogens (tertiary/aromatic N) is 1. The number of aliphatic carboxylic acids is 1. The number of carbonyl (C=O) groups excluding carboxylic acids is 1. The van der Waals surface area contributed by atoms with E-state index in [1.165, 1.54) is 17.0 Å². The van der Waals surface area contributed by atoms with Gasteiger partial charge in [0.25, 0.3) is 0 Å². The monoisotopic (exact) mass is 281 g/mol. The van der Waals surface area contributed by atoms with Crippen LogP contribution in [0.4, 0.5) is 4.39 Å². The maximum atomic E-state index is 13.2. The van der Waals surface area contributed by atoms with Gasteiger partial charge in [-0.1, -0.05) is 19.1 Å². The van der Waals surface area contributed by atoms with Gasteiger partial charge in [-0.25, -0.2) is 4.39 Å². The molecule has 0 aliphatic carbocycles. The first-order valence-corrected chi connectivity index (χ1v) is 6.64. The third-order valence-electron chi connectivity index (χ3n) is 3.43. The molecule has 0 aliphatic heterocycles. The van der Waals surface area contributed by atoms with E-state index in [4.69, 9.17) is 5.11 Å². The Kier molecular flexibility index (Phi) is 5.67. The highest BCUT2D eigenvalue weighted by atomic mass is 19.1. The zero-order valence-corrected chi connectivity index (χ0v) is 12.0. The summed E-state index contributed by atoms with van der Waals surface area (Å²) in [7, 11) is 0. The van der Waals surface area contributed by atoms with Crippen LogP contribution in [0.3, 0.4) is 0 Å². The second-order valence-electron chi connectivity index (χ2n) is 4.89. The summed E-state index contributed by atoms with van der Waals surface area (Å²) >= 11 is 0. The molecule has 0 bridgehead atoms.